The summed E-state index contributed by atoms with van der Waals surface area (Å²) in [6.07, 6.45) is -16.2. The summed E-state index contributed by atoms with van der Waals surface area (Å²) in [4.78, 5) is 0. The fourth-order valence-electron chi connectivity index (χ4n) is 21.7. The van der Waals surface area contributed by atoms with Gasteiger partial charge < -0.3 is 36.5 Å². The van der Waals surface area contributed by atoms with Crippen molar-refractivity contribution >= 4 is 170 Å². The summed E-state index contributed by atoms with van der Waals surface area (Å²) in [5, 5.41) is 34.4. The lowest BCUT2D eigenvalue weighted by molar-refractivity contribution is -0.143. The predicted molar refractivity (Wildman–Crippen MR) is 485 cm³/mol. The molecule has 1 aliphatic carbocycles. The van der Waals surface area contributed by atoms with Crippen molar-refractivity contribution in [2.24, 2.45) is 28.2 Å². The van der Waals surface area contributed by atoms with Crippen molar-refractivity contribution in [1.82, 2.24) is 36.5 Å². The smallest absolute Gasteiger partial charge is 0.344 e. The molecule has 0 saturated carbocycles. The lowest BCUT2D eigenvalue weighted by atomic mass is 9.90. The average molecular weight is 1700 g/mol. The van der Waals surface area contributed by atoms with Gasteiger partial charge in [0.2, 0.25) is 0 Å². The highest BCUT2D eigenvalue weighted by Gasteiger charge is 2.45. The van der Waals surface area contributed by atoms with Crippen LogP contribution < -0.4 is 0 Å². The van der Waals surface area contributed by atoms with E-state index in [0.29, 0.717) is 168 Å². The highest BCUT2D eigenvalue weighted by atomic mass is 19.4. The number of hydrogen-bond donors (Lipinski definition) is 0. The first kappa shape index (κ1) is 76.0. The van der Waals surface area contributed by atoms with E-state index in [1.807, 2.05) is 216 Å². The summed E-state index contributed by atoms with van der Waals surface area (Å²) < 4.78 is 211. The van der Waals surface area contributed by atoms with Crippen LogP contribution >= 0.6 is 0 Å². The van der Waals surface area contributed by atoms with Gasteiger partial charge in [0, 0.05) is 153 Å². The normalized spacial score (nSPS) is 13.2. The van der Waals surface area contributed by atoms with Crippen molar-refractivity contribution in [2.75, 3.05) is 0 Å². The molecule has 23 aromatic rings. The van der Waals surface area contributed by atoms with Gasteiger partial charge in [-0.2, -0.15) is 63.2 Å². The molecule has 0 spiro atoms. The van der Waals surface area contributed by atoms with Crippen molar-refractivity contribution < 1.29 is 52.7 Å². The van der Waals surface area contributed by atoms with Crippen LogP contribution in [0.1, 0.15) is 51.1 Å². The first-order valence-corrected chi connectivity index (χ1v) is 41.4. The molecule has 15 aromatic carbocycles. The molecule has 0 radical (unpaired) electrons. The molecule has 24 rings (SSSR count). The van der Waals surface area contributed by atoms with Gasteiger partial charge in [-0.1, -0.05) is 170 Å². The van der Waals surface area contributed by atoms with Crippen LogP contribution in [0.4, 0.5) is 52.7 Å². The summed E-state index contributed by atoms with van der Waals surface area (Å²) >= 11 is 0. The van der Waals surface area contributed by atoms with Crippen LogP contribution in [0.25, 0.3) is 226 Å². The molecule has 128 heavy (non-hydrogen) atoms. The number of benzene rings is 15. The van der Waals surface area contributed by atoms with E-state index >= 15 is 52.7 Å². The Hall–Kier alpha value is -15.7. The number of hydrogen-bond acceptors (Lipinski definition) is 2. The number of para-hydroxylation sites is 5. The second-order valence-electron chi connectivity index (χ2n) is 33.3. The van der Waals surface area contributed by atoms with Crippen LogP contribution in [0.2, 0.25) is 0 Å². The minimum absolute atomic E-state index is 0.0396. The first-order chi connectivity index (χ1) is 61.7. The Balaban J connectivity index is 0.798. The molecule has 0 unspecified atom stereocenters. The molecule has 8 heterocycles. The van der Waals surface area contributed by atoms with E-state index in [1.165, 1.54) is 24.3 Å². The average Bonchev–Trinajstić information content (AvgIpc) is 1.53. The number of aryl methyl sites for hydroxylation is 5. The highest BCUT2D eigenvalue weighted by molar-refractivity contribution is 6.30. The lowest BCUT2D eigenvalue weighted by Gasteiger charge is -2.24. The zero-order valence-corrected chi connectivity index (χ0v) is 68.0. The van der Waals surface area contributed by atoms with Crippen LogP contribution in [-0.4, -0.2) is 36.5 Å². The van der Waals surface area contributed by atoms with E-state index in [1.54, 1.807) is 60.7 Å². The van der Waals surface area contributed by atoms with Crippen LogP contribution in [0, 0.1) is 22.7 Å². The van der Waals surface area contributed by atoms with Crippen molar-refractivity contribution in [3.8, 4) is 68.3 Å². The lowest BCUT2D eigenvalue weighted by Crippen LogP contribution is -2.15. The maximum Gasteiger partial charge on any atom is 0.417 e. The second kappa shape index (κ2) is 26.5. The molecule has 8 aromatic heterocycles. The number of fused-ring (bicyclic) bond motifs is 28. The molecule has 10 nitrogen and oxygen atoms in total. The molecule has 0 bridgehead atoms. The Morgan fingerprint density at radius 2 is 0.633 bits per heavy atom. The topological polar surface area (TPSA) is 87.0 Å². The number of halogens is 12. The van der Waals surface area contributed by atoms with Gasteiger partial charge in [0.15, 0.2) is 0 Å². The van der Waals surface area contributed by atoms with E-state index < -0.39 is 69.2 Å². The molecule has 0 saturated heterocycles. The minimum atomic E-state index is -5.38. The Labute approximate surface area is 717 Å². The van der Waals surface area contributed by atoms with Crippen molar-refractivity contribution in [3.63, 3.8) is 0 Å². The second-order valence-corrected chi connectivity index (χ2v) is 33.3. The van der Waals surface area contributed by atoms with Gasteiger partial charge in [0.05, 0.1) is 122 Å². The van der Waals surface area contributed by atoms with Crippen LogP contribution in [-0.2, 0) is 59.3 Å². The van der Waals surface area contributed by atoms with E-state index in [9.17, 15) is 10.5 Å². The maximum atomic E-state index is 16.5. The summed E-state index contributed by atoms with van der Waals surface area (Å²) in [5.41, 5.74) is 1.54. The zero-order valence-electron chi connectivity index (χ0n) is 68.0. The van der Waals surface area contributed by atoms with Crippen molar-refractivity contribution in [3.05, 3.63) is 318 Å². The molecule has 0 atom stereocenters. The van der Waals surface area contributed by atoms with Crippen molar-refractivity contribution in [1.29, 1.82) is 10.5 Å². The molecule has 1 aliphatic rings. The third-order valence-electron chi connectivity index (χ3n) is 26.9. The van der Waals surface area contributed by atoms with Gasteiger partial charge in [0.25, 0.3) is 0 Å². The SMILES string of the molecule is Cn1c2c(c3c1ccc1c4ccccc4n(-c4cc(C#N)c(-n5c6cc(-c7cccc8c7c7ccc9c%10ccccc%10n(-c%10cc(-c%11c(C(F)(F)F)cccc%11C(F)(F)F)c(-n%11c%12ccccc%12c%12ccc%13c%14ccccc%14n(C)c%13c%12%11)cc%10C#N)c9c7n8C)ccc6c6ccc7c(c8ccccc8n7C)c65)cc4-c4c(C(F)(F)F)cccc4C(F)(F)F)c13)CCC=C2. The maximum absolute atomic E-state index is 16.5. The Morgan fingerprint density at radius 1 is 0.273 bits per heavy atom. The minimum Gasteiger partial charge on any atom is -0.344 e. The summed E-state index contributed by atoms with van der Waals surface area (Å²) in [5.74, 6) is 0. The van der Waals surface area contributed by atoms with Gasteiger partial charge in [0.1, 0.15) is 12.1 Å². The van der Waals surface area contributed by atoms with Gasteiger partial charge in [-0.3, -0.25) is 0 Å². The molecule has 22 heteroatoms. The molecular formula is C106H62F12N10. The van der Waals surface area contributed by atoms with Crippen LogP contribution in [0.3, 0.4) is 0 Å². The number of aromatic nitrogens is 8. The summed E-state index contributed by atoms with van der Waals surface area (Å²) in [6.45, 7) is 0. The number of nitriles is 2. The monoisotopic (exact) mass is 1700 g/mol. The third kappa shape index (κ3) is 10.3. The number of allylic oxidation sites excluding steroid dienone is 1. The molecule has 620 valence electrons. The number of rotatable bonds is 7. The van der Waals surface area contributed by atoms with Crippen LogP contribution in [0.5, 0.6) is 0 Å². The third-order valence-corrected chi connectivity index (χ3v) is 26.9. The Kier molecular flexibility index (Phi) is 15.7. The number of alkyl halides is 12. The van der Waals surface area contributed by atoms with Crippen molar-refractivity contribution in [2.45, 2.75) is 37.5 Å². The quantitative estimate of drug-likeness (QED) is 0.149. The van der Waals surface area contributed by atoms with E-state index in [0.717, 1.165) is 67.0 Å². The Bertz CT molecular complexity index is 9040. The summed E-state index contributed by atoms with van der Waals surface area (Å²) in [7, 11) is 7.52. The largest absolute Gasteiger partial charge is 0.417 e. The van der Waals surface area contributed by atoms with Gasteiger partial charge >= 0.3 is 24.7 Å². The molecular weight excluding hydrogens is 1640 g/mol. The molecule has 0 amide bonds. The van der Waals surface area contributed by atoms with E-state index in [2.05, 4.69) is 18.2 Å². The predicted octanol–water partition coefficient (Wildman–Crippen LogP) is 29.3. The van der Waals surface area contributed by atoms with Gasteiger partial charge in [-0.25, -0.2) is 0 Å². The fraction of sp³-hybridized carbons (Fsp3) is 0.0943. The summed E-state index contributed by atoms with van der Waals surface area (Å²) in [6, 6.07) is 78.3. The van der Waals surface area contributed by atoms with Gasteiger partial charge in [-0.15, -0.1) is 0 Å². The van der Waals surface area contributed by atoms with Gasteiger partial charge in [-0.05, 0) is 139 Å². The molecule has 0 aliphatic heterocycles. The molecule has 0 fully saturated rings. The zero-order chi connectivity index (χ0) is 87.7. The van der Waals surface area contributed by atoms with E-state index in [4.69, 9.17) is 0 Å². The molecule has 0 N–H and O–H groups in total. The first-order valence-electron chi connectivity index (χ1n) is 41.4. The van der Waals surface area contributed by atoms with E-state index in [-0.39, 0.29) is 33.9 Å². The van der Waals surface area contributed by atoms with Crippen LogP contribution in [0.15, 0.2) is 273 Å². The highest BCUT2D eigenvalue weighted by Crippen LogP contribution is 2.56. The fourth-order valence-corrected chi connectivity index (χ4v) is 21.7. The Morgan fingerprint density at radius 3 is 1.14 bits per heavy atom. The standard InChI is InChI=1S/C106H62F12N10/c1-121-79-32-12-9-24-69(79)95-85(121)46-44-64-60-21-6-15-35-82(60)126(97(64)95)90-49-57(54-120)88(52-72(90)93-74(103(107,108)109)27-18-28-75(93)104(110,111)112)128-89-48-55(38-39-63(89)65-45-47-86-96(98(65)128)70-25-10-13-33-80(70)122(86)2)58-26-17-37-84-92(58)71-43-42-68-61-22-7-14-34-81(61)125(102(68)100(71)124(84)4)87-51-73(94-76(105(113,114)115)29-19-30-77(94)106(116,117)118)91(50-56(87)53-119)127-83-36-16-8-23-62(83)67-41-40-66-59-20-5-11-31-78(59)123(3)99(66)101(67)127/h5-8,10-23,25-52H,9,24H2,1-4H3. The number of nitrogens with zero attached hydrogens (tertiary/aromatic N) is 10.